The Bertz CT molecular complexity index is 614. The van der Waals surface area contributed by atoms with Crippen molar-refractivity contribution < 1.29 is 9.53 Å². The summed E-state index contributed by atoms with van der Waals surface area (Å²) in [4.78, 5) is 11.1. The predicted octanol–water partition coefficient (Wildman–Crippen LogP) is 2.60. The molecule has 0 aliphatic heterocycles. The van der Waals surface area contributed by atoms with Gasteiger partial charge < -0.3 is 16.2 Å². The number of benzene rings is 2. The molecule has 0 radical (unpaired) electrons. The summed E-state index contributed by atoms with van der Waals surface area (Å²) < 4.78 is 5.58. The molecule has 0 fully saturated rings. The van der Waals surface area contributed by atoms with Gasteiger partial charge in [-0.05, 0) is 29.8 Å². The van der Waals surface area contributed by atoms with Crippen LogP contribution >= 0.6 is 11.6 Å². The average molecular weight is 277 g/mol. The van der Waals surface area contributed by atoms with Crippen LogP contribution in [-0.4, -0.2) is 5.91 Å². The molecule has 4 N–H and O–H groups in total. The first-order valence-electron chi connectivity index (χ1n) is 5.63. The molecular weight excluding hydrogens is 264 g/mol. The molecule has 4 nitrogen and oxygen atoms in total. The molecule has 0 atom stereocenters. The summed E-state index contributed by atoms with van der Waals surface area (Å²) in [6.07, 6.45) is 0. The van der Waals surface area contributed by atoms with Gasteiger partial charge in [0.05, 0.1) is 5.69 Å². The lowest BCUT2D eigenvalue weighted by Crippen LogP contribution is -2.11. The fraction of sp³-hybridized carbons (Fsp3) is 0.0714. The van der Waals surface area contributed by atoms with E-state index in [1.54, 1.807) is 36.4 Å². The van der Waals surface area contributed by atoms with E-state index in [1.807, 2.05) is 6.07 Å². The highest BCUT2D eigenvalue weighted by atomic mass is 35.5. The zero-order valence-electron chi connectivity index (χ0n) is 10.1. The van der Waals surface area contributed by atoms with Crippen molar-refractivity contribution in [2.24, 2.45) is 5.73 Å². The van der Waals surface area contributed by atoms with E-state index in [4.69, 9.17) is 27.8 Å². The standard InChI is InChI=1S/C14H13ClN2O2/c15-11-4-5-12(16)13(7-11)19-8-9-2-1-3-10(6-9)14(17)18/h1-7H,8,16H2,(H2,17,18). The van der Waals surface area contributed by atoms with Gasteiger partial charge in [0.25, 0.3) is 0 Å². The highest BCUT2D eigenvalue weighted by molar-refractivity contribution is 6.30. The summed E-state index contributed by atoms with van der Waals surface area (Å²) in [7, 11) is 0. The van der Waals surface area contributed by atoms with E-state index in [0.717, 1.165) is 5.56 Å². The number of amides is 1. The maximum absolute atomic E-state index is 11.1. The van der Waals surface area contributed by atoms with Gasteiger partial charge in [0.1, 0.15) is 12.4 Å². The number of nitrogens with two attached hydrogens (primary N) is 2. The van der Waals surface area contributed by atoms with Crippen LogP contribution < -0.4 is 16.2 Å². The van der Waals surface area contributed by atoms with Gasteiger partial charge in [-0.1, -0.05) is 23.7 Å². The van der Waals surface area contributed by atoms with Crippen molar-refractivity contribution in [2.45, 2.75) is 6.61 Å². The molecule has 2 rings (SSSR count). The molecule has 0 aliphatic carbocycles. The molecule has 0 heterocycles. The zero-order valence-corrected chi connectivity index (χ0v) is 10.9. The van der Waals surface area contributed by atoms with Crippen LogP contribution in [0, 0.1) is 0 Å². The van der Waals surface area contributed by atoms with Gasteiger partial charge in [-0.3, -0.25) is 4.79 Å². The molecule has 0 spiro atoms. The van der Waals surface area contributed by atoms with Gasteiger partial charge in [0.2, 0.25) is 5.91 Å². The topological polar surface area (TPSA) is 78.3 Å². The van der Waals surface area contributed by atoms with E-state index in [9.17, 15) is 4.79 Å². The number of hydrogen-bond donors (Lipinski definition) is 2. The number of primary amides is 1. The fourth-order valence-electron chi connectivity index (χ4n) is 1.61. The first-order chi connectivity index (χ1) is 9.06. The second-order valence-electron chi connectivity index (χ2n) is 4.04. The first-order valence-corrected chi connectivity index (χ1v) is 6.00. The summed E-state index contributed by atoms with van der Waals surface area (Å²) in [5, 5.41) is 0.551. The minimum Gasteiger partial charge on any atom is -0.487 e. The normalized spacial score (nSPS) is 10.2. The molecule has 0 bridgehead atoms. The van der Waals surface area contributed by atoms with Crippen molar-refractivity contribution >= 4 is 23.2 Å². The third-order valence-corrected chi connectivity index (χ3v) is 2.82. The van der Waals surface area contributed by atoms with Crippen LogP contribution in [0.25, 0.3) is 0 Å². The Morgan fingerprint density at radius 1 is 1.21 bits per heavy atom. The number of carbonyl (C=O) groups is 1. The number of ether oxygens (including phenoxy) is 1. The largest absolute Gasteiger partial charge is 0.487 e. The lowest BCUT2D eigenvalue weighted by atomic mass is 10.1. The number of hydrogen-bond acceptors (Lipinski definition) is 3. The van der Waals surface area contributed by atoms with E-state index in [0.29, 0.717) is 22.0 Å². The minimum atomic E-state index is -0.468. The number of nitrogen functional groups attached to an aromatic ring is 1. The van der Waals surface area contributed by atoms with Crippen LogP contribution in [0.4, 0.5) is 5.69 Å². The van der Waals surface area contributed by atoms with Crippen molar-refractivity contribution in [3.05, 3.63) is 58.6 Å². The SMILES string of the molecule is NC(=O)c1cccc(COc2cc(Cl)ccc2N)c1. The summed E-state index contributed by atoms with van der Waals surface area (Å²) in [5.41, 5.74) is 12.8. The molecule has 0 aromatic heterocycles. The Labute approximate surface area is 115 Å². The highest BCUT2D eigenvalue weighted by Crippen LogP contribution is 2.26. The summed E-state index contributed by atoms with van der Waals surface area (Å²) in [5.74, 6) is 0.0427. The van der Waals surface area contributed by atoms with Crippen LogP contribution in [-0.2, 0) is 6.61 Å². The molecular formula is C14H13ClN2O2. The summed E-state index contributed by atoms with van der Waals surface area (Å²) >= 11 is 5.87. The van der Waals surface area contributed by atoms with Crippen LogP contribution in [0.5, 0.6) is 5.75 Å². The maximum Gasteiger partial charge on any atom is 0.248 e. The van der Waals surface area contributed by atoms with E-state index >= 15 is 0 Å². The van der Waals surface area contributed by atoms with Crippen molar-refractivity contribution in [1.29, 1.82) is 0 Å². The third kappa shape index (κ3) is 3.39. The number of carbonyl (C=O) groups excluding carboxylic acids is 1. The quantitative estimate of drug-likeness (QED) is 0.843. The first kappa shape index (κ1) is 13.2. The van der Waals surface area contributed by atoms with Crippen molar-refractivity contribution in [3.63, 3.8) is 0 Å². The molecule has 0 saturated heterocycles. The third-order valence-electron chi connectivity index (χ3n) is 2.58. The van der Waals surface area contributed by atoms with Crippen molar-refractivity contribution in [2.75, 3.05) is 5.73 Å². The molecule has 1 amide bonds. The van der Waals surface area contributed by atoms with E-state index < -0.39 is 5.91 Å². The summed E-state index contributed by atoms with van der Waals surface area (Å²) in [6.45, 7) is 0.283. The molecule has 0 unspecified atom stereocenters. The Morgan fingerprint density at radius 2 is 2.00 bits per heavy atom. The van der Waals surface area contributed by atoms with Crippen molar-refractivity contribution in [3.8, 4) is 5.75 Å². The predicted molar refractivity (Wildman–Crippen MR) is 75.2 cm³/mol. The van der Waals surface area contributed by atoms with E-state index in [1.165, 1.54) is 0 Å². The van der Waals surface area contributed by atoms with Gasteiger partial charge in [0.15, 0.2) is 0 Å². The van der Waals surface area contributed by atoms with Gasteiger partial charge in [-0.15, -0.1) is 0 Å². The lowest BCUT2D eigenvalue weighted by molar-refractivity contribution is 0.1000. The second-order valence-corrected chi connectivity index (χ2v) is 4.47. The molecule has 0 saturated carbocycles. The van der Waals surface area contributed by atoms with Crippen molar-refractivity contribution in [1.82, 2.24) is 0 Å². The Balaban J connectivity index is 2.12. The molecule has 2 aromatic rings. The van der Waals surface area contributed by atoms with Gasteiger partial charge in [-0.25, -0.2) is 0 Å². The number of rotatable bonds is 4. The van der Waals surface area contributed by atoms with Crippen LogP contribution in [0.1, 0.15) is 15.9 Å². The van der Waals surface area contributed by atoms with Crippen LogP contribution in [0.15, 0.2) is 42.5 Å². The Morgan fingerprint density at radius 3 is 2.74 bits per heavy atom. The minimum absolute atomic E-state index is 0.283. The Kier molecular flexibility index (Phi) is 3.92. The number of halogens is 1. The maximum atomic E-state index is 11.1. The smallest absolute Gasteiger partial charge is 0.248 e. The average Bonchev–Trinajstić information content (AvgIpc) is 2.40. The molecule has 98 valence electrons. The van der Waals surface area contributed by atoms with Crippen LogP contribution in [0.3, 0.4) is 0 Å². The van der Waals surface area contributed by atoms with Gasteiger partial charge >= 0.3 is 0 Å². The number of anilines is 1. The zero-order chi connectivity index (χ0) is 13.8. The molecule has 19 heavy (non-hydrogen) atoms. The summed E-state index contributed by atoms with van der Waals surface area (Å²) in [6, 6.07) is 11.9. The fourth-order valence-corrected chi connectivity index (χ4v) is 1.77. The lowest BCUT2D eigenvalue weighted by Gasteiger charge is -2.09. The van der Waals surface area contributed by atoms with Crippen LogP contribution in [0.2, 0.25) is 5.02 Å². The highest BCUT2D eigenvalue weighted by Gasteiger charge is 2.04. The van der Waals surface area contributed by atoms with E-state index in [-0.39, 0.29) is 6.61 Å². The molecule has 0 aliphatic rings. The molecule has 2 aromatic carbocycles. The monoisotopic (exact) mass is 276 g/mol. The Hall–Kier alpha value is -2.20. The van der Waals surface area contributed by atoms with E-state index in [2.05, 4.69) is 0 Å². The second kappa shape index (κ2) is 5.63. The van der Waals surface area contributed by atoms with Gasteiger partial charge in [0, 0.05) is 16.7 Å². The van der Waals surface area contributed by atoms with Gasteiger partial charge in [-0.2, -0.15) is 0 Å². The molecule has 5 heteroatoms.